The molecule has 22 heavy (non-hydrogen) atoms. The lowest BCUT2D eigenvalue weighted by Crippen LogP contribution is -2.02. The third-order valence-electron chi connectivity index (χ3n) is 2.91. The number of hydrogen-bond acceptors (Lipinski definition) is 5. The quantitative estimate of drug-likeness (QED) is 0.726. The van der Waals surface area contributed by atoms with Gasteiger partial charge in [0.2, 0.25) is 0 Å². The lowest BCUT2D eigenvalue weighted by molar-refractivity contribution is 0.103. The molecule has 0 radical (unpaired) electrons. The minimum absolute atomic E-state index is 0. The topological polar surface area (TPSA) is 54.9 Å². The molecule has 0 spiro atoms. The van der Waals surface area contributed by atoms with Crippen LogP contribution in [0.5, 0.6) is 0 Å². The number of thiazole rings is 1. The van der Waals surface area contributed by atoms with Crippen LogP contribution in [0.2, 0.25) is 0 Å². The summed E-state index contributed by atoms with van der Waals surface area (Å²) in [6, 6.07) is 12.7. The molecule has 0 aliphatic carbocycles. The van der Waals surface area contributed by atoms with Crippen molar-refractivity contribution in [1.29, 1.82) is 0 Å². The van der Waals surface area contributed by atoms with Crippen LogP contribution in [-0.4, -0.2) is 15.8 Å². The van der Waals surface area contributed by atoms with Crippen molar-refractivity contribution in [3.63, 3.8) is 0 Å². The second-order valence-corrected chi connectivity index (χ2v) is 5.40. The Morgan fingerprint density at radius 2 is 1.91 bits per heavy atom. The Labute approximate surface area is 138 Å². The highest BCUT2D eigenvalue weighted by Crippen LogP contribution is 2.20. The van der Waals surface area contributed by atoms with E-state index in [-0.39, 0.29) is 18.2 Å². The van der Waals surface area contributed by atoms with Gasteiger partial charge in [0, 0.05) is 22.7 Å². The first-order valence-corrected chi connectivity index (χ1v) is 7.35. The molecule has 0 aliphatic heterocycles. The van der Waals surface area contributed by atoms with Crippen LogP contribution in [-0.2, 0) is 0 Å². The van der Waals surface area contributed by atoms with Crippen LogP contribution in [0.4, 0.5) is 10.9 Å². The summed E-state index contributed by atoms with van der Waals surface area (Å²) in [7, 11) is 0. The van der Waals surface area contributed by atoms with Gasteiger partial charge in [0.25, 0.3) is 0 Å². The maximum absolute atomic E-state index is 12.4. The summed E-state index contributed by atoms with van der Waals surface area (Å²) in [5.74, 6) is 0.600. The van der Waals surface area contributed by atoms with Crippen LogP contribution in [0.1, 0.15) is 21.6 Å². The first kappa shape index (κ1) is 16.1. The van der Waals surface area contributed by atoms with Crippen molar-refractivity contribution in [2.24, 2.45) is 0 Å². The van der Waals surface area contributed by atoms with Crippen molar-refractivity contribution in [2.75, 3.05) is 5.32 Å². The second kappa shape index (κ2) is 7.15. The van der Waals surface area contributed by atoms with E-state index >= 15 is 0 Å². The number of anilines is 2. The normalized spacial score (nSPS) is 9.86. The average molecular weight is 332 g/mol. The molecule has 4 nitrogen and oxygen atoms in total. The van der Waals surface area contributed by atoms with Crippen LogP contribution >= 0.6 is 23.7 Å². The van der Waals surface area contributed by atoms with Gasteiger partial charge in [-0.1, -0.05) is 30.3 Å². The van der Waals surface area contributed by atoms with Crippen molar-refractivity contribution in [3.8, 4) is 0 Å². The number of nitrogens with zero attached hydrogens (tertiary/aromatic N) is 2. The summed E-state index contributed by atoms with van der Waals surface area (Å²) in [4.78, 5) is 20.9. The Morgan fingerprint density at radius 1 is 1.14 bits per heavy atom. The molecule has 1 aromatic carbocycles. The molecule has 6 heteroatoms. The van der Waals surface area contributed by atoms with Crippen molar-refractivity contribution in [2.45, 2.75) is 6.92 Å². The summed E-state index contributed by atoms with van der Waals surface area (Å²) in [6.45, 7) is 1.93. The number of aromatic nitrogens is 2. The van der Waals surface area contributed by atoms with Gasteiger partial charge in [-0.25, -0.2) is 9.97 Å². The Morgan fingerprint density at radius 3 is 2.59 bits per heavy atom. The lowest BCUT2D eigenvalue weighted by atomic mass is 10.0. The maximum atomic E-state index is 12.4. The van der Waals surface area contributed by atoms with Gasteiger partial charge in [-0.2, -0.15) is 0 Å². The first-order chi connectivity index (χ1) is 10.2. The number of halogens is 1. The van der Waals surface area contributed by atoms with Crippen LogP contribution in [0, 0.1) is 6.92 Å². The van der Waals surface area contributed by atoms with Crippen LogP contribution in [0.25, 0.3) is 0 Å². The largest absolute Gasteiger partial charge is 0.316 e. The highest BCUT2D eigenvalue weighted by atomic mass is 35.5. The molecule has 0 aliphatic rings. The molecule has 0 saturated carbocycles. The highest BCUT2D eigenvalue weighted by Gasteiger charge is 2.10. The van der Waals surface area contributed by atoms with Gasteiger partial charge in [-0.15, -0.1) is 23.7 Å². The number of carbonyl (C=O) groups is 1. The molecule has 0 saturated heterocycles. The third kappa shape index (κ3) is 3.69. The van der Waals surface area contributed by atoms with Gasteiger partial charge >= 0.3 is 0 Å². The van der Waals surface area contributed by atoms with Gasteiger partial charge in [-0.3, -0.25) is 4.79 Å². The van der Waals surface area contributed by atoms with E-state index in [4.69, 9.17) is 0 Å². The Kier molecular flexibility index (Phi) is 5.25. The second-order valence-electron chi connectivity index (χ2n) is 4.54. The number of rotatable bonds is 4. The van der Waals surface area contributed by atoms with E-state index in [2.05, 4.69) is 15.3 Å². The van der Waals surface area contributed by atoms with Crippen LogP contribution < -0.4 is 5.32 Å². The fourth-order valence-electron chi connectivity index (χ4n) is 1.92. The van der Waals surface area contributed by atoms with E-state index in [1.54, 1.807) is 30.5 Å². The molecule has 2 aromatic heterocycles. The standard InChI is InChI=1S/C16H13N3OS.ClH/c1-11-10-21-16(18-11)19-14-9-13(7-8-17-14)15(20)12-5-3-2-4-6-12;/h2-10H,1H3,(H,17,18,19);1H. The number of nitrogens with one attached hydrogen (secondary N) is 1. The summed E-state index contributed by atoms with van der Waals surface area (Å²) in [5, 5.41) is 5.84. The van der Waals surface area contributed by atoms with Crippen molar-refractivity contribution in [3.05, 3.63) is 70.9 Å². The van der Waals surface area contributed by atoms with Gasteiger partial charge in [0.15, 0.2) is 10.9 Å². The minimum atomic E-state index is -0.0173. The molecule has 0 unspecified atom stereocenters. The third-order valence-corrected chi connectivity index (χ3v) is 3.79. The molecular formula is C16H14ClN3OS. The van der Waals surface area contributed by atoms with E-state index in [0.29, 0.717) is 16.9 Å². The zero-order valence-electron chi connectivity index (χ0n) is 11.8. The van der Waals surface area contributed by atoms with Gasteiger partial charge in [-0.05, 0) is 19.1 Å². The van der Waals surface area contributed by atoms with E-state index < -0.39 is 0 Å². The summed E-state index contributed by atoms with van der Waals surface area (Å²) < 4.78 is 0. The molecule has 112 valence electrons. The fourth-order valence-corrected chi connectivity index (χ4v) is 2.61. The predicted molar refractivity (Wildman–Crippen MR) is 91.5 cm³/mol. The predicted octanol–water partition coefficient (Wildman–Crippen LogP) is 4.24. The van der Waals surface area contributed by atoms with E-state index in [1.165, 1.54) is 11.3 Å². The zero-order chi connectivity index (χ0) is 14.7. The smallest absolute Gasteiger partial charge is 0.193 e. The number of aryl methyl sites for hydroxylation is 1. The maximum Gasteiger partial charge on any atom is 0.193 e. The molecule has 0 amide bonds. The molecule has 3 aromatic rings. The monoisotopic (exact) mass is 331 g/mol. The molecule has 3 rings (SSSR count). The Hall–Kier alpha value is -2.24. The summed E-state index contributed by atoms with van der Waals surface area (Å²) >= 11 is 1.51. The Balaban J connectivity index is 0.00000176. The fraction of sp³-hybridized carbons (Fsp3) is 0.0625. The highest BCUT2D eigenvalue weighted by molar-refractivity contribution is 7.13. The summed E-state index contributed by atoms with van der Waals surface area (Å²) in [5.41, 5.74) is 2.23. The molecule has 0 bridgehead atoms. The summed E-state index contributed by atoms with van der Waals surface area (Å²) in [6.07, 6.45) is 1.62. The molecule has 0 atom stereocenters. The van der Waals surface area contributed by atoms with Crippen LogP contribution in [0.15, 0.2) is 54.0 Å². The van der Waals surface area contributed by atoms with Crippen molar-refractivity contribution in [1.82, 2.24) is 9.97 Å². The minimum Gasteiger partial charge on any atom is -0.316 e. The van der Waals surface area contributed by atoms with Crippen molar-refractivity contribution < 1.29 is 4.79 Å². The molecule has 1 N–H and O–H groups in total. The number of carbonyl (C=O) groups excluding carboxylic acids is 1. The Bertz CT molecular complexity index is 774. The van der Waals surface area contributed by atoms with E-state index in [1.807, 2.05) is 30.5 Å². The first-order valence-electron chi connectivity index (χ1n) is 6.47. The SMILES string of the molecule is Cc1csc(Nc2cc(C(=O)c3ccccc3)ccn2)n1.Cl. The molecule has 0 fully saturated rings. The van der Waals surface area contributed by atoms with Gasteiger partial charge < -0.3 is 5.32 Å². The zero-order valence-corrected chi connectivity index (χ0v) is 13.4. The molecular weight excluding hydrogens is 318 g/mol. The number of benzene rings is 1. The average Bonchev–Trinajstić information content (AvgIpc) is 2.93. The van der Waals surface area contributed by atoms with Crippen molar-refractivity contribution >= 4 is 40.5 Å². The van der Waals surface area contributed by atoms with E-state index in [9.17, 15) is 4.79 Å². The van der Waals surface area contributed by atoms with Crippen LogP contribution in [0.3, 0.4) is 0 Å². The number of ketones is 1. The molecule has 2 heterocycles. The number of hydrogen-bond donors (Lipinski definition) is 1. The van der Waals surface area contributed by atoms with Gasteiger partial charge in [0.05, 0.1) is 5.69 Å². The van der Waals surface area contributed by atoms with E-state index in [0.717, 1.165) is 10.8 Å². The number of pyridine rings is 1. The lowest BCUT2D eigenvalue weighted by Gasteiger charge is -2.04. The van der Waals surface area contributed by atoms with Gasteiger partial charge in [0.1, 0.15) is 5.82 Å².